The molecule has 10 heteroatoms. The summed E-state index contributed by atoms with van der Waals surface area (Å²) in [4.78, 5) is 16.7. The Balaban J connectivity index is 1.68. The van der Waals surface area contributed by atoms with Crippen molar-refractivity contribution in [3.63, 3.8) is 0 Å². The highest BCUT2D eigenvalue weighted by Crippen LogP contribution is 2.35. The van der Waals surface area contributed by atoms with Gasteiger partial charge in [-0.3, -0.25) is 4.57 Å². The SMILES string of the molecule is Cn1nc2n(c1=O)C[C@H](c1nc(C3CCCC3)nn1CC(F)(F)F)CC2. The predicted octanol–water partition coefficient (Wildman–Crippen LogP) is 2.12. The van der Waals surface area contributed by atoms with Gasteiger partial charge < -0.3 is 0 Å². The fourth-order valence-corrected chi connectivity index (χ4v) is 4.07. The maximum Gasteiger partial charge on any atom is 0.408 e. The maximum atomic E-state index is 13.0. The molecule has 0 bridgehead atoms. The Bertz CT molecular complexity index is 858. The summed E-state index contributed by atoms with van der Waals surface area (Å²) in [6.07, 6.45) is 0.756. The van der Waals surface area contributed by atoms with Crippen LogP contribution in [-0.4, -0.2) is 35.3 Å². The molecule has 1 fully saturated rings. The second kappa shape index (κ2) is 6.24. The molecule has 2 aromatic rings. The highest BCUT2D eigenvalue weighted by Gasteiger charge is 2.35. The van der Waals surface area contributed by atoms with Crippen LogP contribution in [-0.2, 0) is 26.6 Å². The summed E-state index contributed by atoms with van der Waals surface area (Å²) in [6.45, 7) is -0.851. The first-order valence-electron chi connectivity index (χ1n) is 8.96. The first-order chi connectivity index (χ1) is 12.3. The summed E-state index contributed by atoms with van der Waals surface area (Å²) in [7, 11) is 1.58. The molecule has 7 nitrogen and oxygen atoms in total. The summed E-state index contributed by atoms with van der Waals surface area (Å²) < 4.78 is 42.9. The van der Waals surface area contributed by atoms with Gasteiger partial charge >= 0.3 is 11.9 Å². The second-order valence-electron chi connectivity index (χ2n) is 7.25. The minimum atomic E-state index is -4.36. The molecule has 0 N–H and O–H groups in total. The number of hydrogen-bond donors (Lipinski definition) is 0. The minimum Gasteiger partial charge on any atom is -0.278 e. The third kappa shape index (κ3) is 3.16. The van der Waals surface area contributed by atoms with E-state index in [0.29, 0.717) is 36.9 Å². The number of halogens is 3. The monoisotopic (exact) mass is 370 g/mol. The number of aryl methyl sites for hydroxylation is 2. The summed E-state index contributed by atoms with van der Waals surface area (Å²) in [5.74, 6) is 1.40. The van der Waals surface area contributed by atoms with E-state index < -0.39 is 12.7 Å². The molecule has 0 saturated heterocycles. The molecule has 1 aliphatic carbocycles. The van der Waals surface area contributed by atoms with Crippen LogP contribution in [0.25, 0.3) is 0 Å². The average Bonchev–Trinajstić information content (AvgIpc) is 3.27. The summed E-state index contributed by atoms with van der Waals surface area (Å²) >= 11 is 0. The summed E-state index contributed by atoms with van der Waals surface area (Å²) in [5, 5.41) is 8.39. The lowest BCUT2D eigenvalue weighted by atomic mass is 9.98. The van der Waals surface area contributed by atoms with E-state index in [0.717, 1.165) is 30.4 Å². The Labute approximate surface area is 147 Å². The number of hydrogen-bond acceptors (Lipinski definition) is 4. The number of fused-ring (bicyclic) bond motifs is 1. The van der Waals surface area contributed by atoms with E-state index in [2.05, 4.69) is 15.2 Å². The lowest BCUT2D eigenvalue weighted by Crippen LogP contribution is -2.31. The predicted molar refractivity (Wildman–Crippen MR) is 85.8 cm³/mol. The van der Waals surface area contributed by atoms with Gasteiger partial charge in [-0.2, -0.15) is 23.4 Å². The fourth-order valence-electron chi connectivity index (χ4n) is 4.07. The summed E-state index contributed by atoms with van der Waals surface area (Å²) in [6, 6.07) is 0. The molecule has 26 heavy (non-hydrogen) atoms. The molecule has 142 valence electrons. The first kappa shape index (κ1) is 17.3. The van der Waals surface area contributed by atoms with Crippen molar-refractivity contribution in [2.45, 2.75) is 69.6 Å². The molecule has 0 spiro atoms. The van der Waals surface area contributed by atoms with Crippen LogP contribution in [0.5, 0.6) is 0 Å². The van der Waals surface area contributed by atoms with E-state index >= 15 is 0 Å². The van der Waals surface area contributed by atoms with Crippen LogP contribution in [0.1, 0.15) is 61.4 Å². The van der Waals surface area contributed by atoms with Gasteiger partial charge in [-0.25, -0.2) is 19.1 Å². The molecule has 2 aliphatic rings. The van der Waals surface area contributed by atoms with Gasteiger partial charge in [-0.15, -0.1) is 0 Å². The molecule has 1 aliphatic heterocycles. The van der Waals surface area contributed by atoms with Crippen molar-refractivity contribution >= 4 is 0 Å². The highest BCUT2D eigenvalue weighted by molar-refractivity contribution is 5.09. The van der Waals surface area contributed by atoms with E-state index in [1.165, 1.54) is 9.25 Å². The zero-order valence-electron chi connectivity index (χ0n) is 14.5. The average molecular weight is 370 g/mol. The third-order valence-electron chi connectivity index (χ3n) is 5.34. The molecular formula is C16H21F3N6O. The largest absolute Gasteiger partial charge is 0.408 e. The van der Waals surface area contributed by atoms with Crippen molar-refractivity contribution in [3.8, 4) is 0 Å². The van der Waals surface area contributed by atoms with E-state index in [-0.39, 0.29) is 17.5 Å². The second-order valence-corrected chi connectivity index (χ2v) is 7.25. The topological polar surface area (TPSA) is 70.5 Å². The quantitative estimate of drug-likeness (QED) is 0.830. The molecular weight excluding hydrogens is 349 g/mol. The van der Waals surface area contributed by atoms with E-state index in [1.807, 2.05) is 0 Å². The van der Waals surface area contributed by atoms with E-state index in [1.54, 1.807) is 7.05 Å². The van der Waals surface area contributed by atoms with Crippen LogP contribution in [0.2, 0.25) is 0 Å². The van der Waals surface area contributed by atoms with Gasteiger partial charge in [0.05, 0.1) is 0 Å². The highest BCUT2D eigenvalue weighted by atomic mass is 19.4. The van der Waals surface area contributed by atoms with Crippen LogP contribution in [0, 0.1) is 0 Å². The van der Waals surface area contributed by atoms with E-state index in [4.69, 9.17) is 0 Å². The minimum absolute atomic E-state index is 0.142. The van der Waals surface area contributed by atoms with Crippen LogP contribution < -0.4 is 5.69 Å². The molecule has 3 heterocycles. The maximum absolute atomic E-state index is 13.0. The van der Waals surface area contributed by atoms with Crippen LogP contribution in [0.3, 0.4) is 0 Å². The fraction of sp³-hybridized carbons (Fsp3) is 0.750. The number of aromatic nitrogens is 6. The van der Waals surface area contributed by atoms with Gasteiger partial charge in [0, 0.05) is 31.8 Å². The molecule has 0 radical (unpaired) electrons. The Hall–Kier alpha value is -2.13. The molecule has 0 amide bonds. The normalized spacial score (nSPS) is 21.3. The van der Waals surface area contributed by atoms with Crippen LogP contribution in [0.15, 0.2) is 4.79 Å². The van der Waals surface area contributed by atoms with Crippen LogP contribution in [0.4, 0.5) is 13.2 Å². The Morgan fingerprint density at radius 3 is 2.54 bits per heavy atom. The lowest BCUT2D eigenvalue weighted by molar-refractivity contribution is -0.143. The van der Waals surface area contributed by atoms with Gasteiger partial charge in [0.1, 0.15) is 18.2 Å². The smallest absolute Gasteiger partial charge is 0.278 e. The van der Waals surface area contributed by atoms with Crippen molar-refractivity contribution in [2.24, 2.45) is 7.05 Å². The van der Waals surface area contributed by atoms with Gasteiger partial charge in [0.2, 0.25) is 0 Å². The zero-order valence-corrected chi connectivity index (χ0v) is 14.5. The summed E-state index contributed by atoms with van der Waals surface area (Å²) in [5.41, 5.74) is -0.248. The zero-order chi connectivity index (χ0) is 18.5. The van der Waals surface area contributed by atoms with Crippen LogP contribution >= 0.6 is 0 Å². The van der Waals surface area contributed by atoms with E-state index in [9.17, 15) is 18.0 Å². The van der Waals surface area contributed by atoms with Gasteiger partial charge in [-0.05, 0) is 19.3 Å². The molecule has 0 unspecified atom stereocenters. The number of nitrogens with zero attached hydrogens (tertiary/aromatic N) is 6. The van der Waals surface area contributed by atoms with Gasteiger partial charge in [0.15, 0.2) is 5.82 Å². The molecule has 1 atom stereocenters. The van der Waals surface area contributed by atoms with Gasteiger partial charge in [0.25, 0.3) is 0 Å². The van der Waals surface area contributed by atoms with Crippen molar-refractivity contribution in [2.75, 3.05) is 0 Å². The Morgan fingerprint density at radius 1 is 1.12 bits per heavy atom. The van der Waals surface area contributed by atoms with Crippen molar-refractivity contribution in [1.82, 2.24) is 29.1 Å². The van der Waals surface area contributed by atoms with Crippen molar-refractivity contribution in [1.29, 1.82) is 0 Å². The Morgan fingerprint density at radius 2 is 1.85 bits per heavy atom. The molecule has 2 aromatic heterocycles. The number of rotatable bonds is 3. The standard InChI is InChI=1S/C16H21F3N6O/c1-23-15(26)24-8-11(6-7-12(24)21-23)14-20-13(10-4-2-3-5-10)22-25(14)9-16(17,18)19/h10-11H,2-9H2,1H3/t11-/m1/s1. The van der Waals surface area contributed by atoms with Crippen molar-refractivity contribution in [3.05, 3.63) is 28.0 Å². The van der Waals surface area contributed by atoms with Gasteiger partial charge in [-0.1, -0.05) is 12.8 Å². The Kier molecular flexibility index (Phi) is 4.15. The lowest BCUT2D eigenvalue weighted by Gasteiger charge is -2.22. The molecule has 0 aromatic carbocycles. The molecule has 1 saturated carbocycles. The first-order valence-corrected chi connectivity index (χ1v) is 8.96. The molecule has 4 rings (SSSR count). The third-order valence-corrected chi connectivity index (χ3v) is 5.34. The van der Waals surface area contributed by atoms with Crippen molar-refractivity contribution < 1.29 is 13.2 Å². The number of alkyl halides is 3.